The van der Waals surface area contributed by atoms with Crippen LogP contribution in [0, 0.1) is 6.92 Å². The van der Waals surface area contributed by atoms with E-state index in [2.05, 4.69) is 10.4 Å². The Bertz CT molecular complexity index is 1080. The number of halogens is 2. The molecule has 0 bridgehead atoms. The van der Waals surface area contributed by atoms with Gasteiger partial charge in [-0.05, 0) is 37.3 Å². The Morgan fingerprint density at radius 3 is 2.59 bits per heavy atom. The second-order valence-corrected chi connectivity index (χ2v) is 8.63. The first-order valence-corrected chi connectivity index (χ1v) is 10.5. The van der Waals surface area contributed by atoms with Gasteiger partial charge in [0.1, 0.15) is 5.82 Å². The van der Waals surface area contributed by atoms with E-state index in [1.807, 2.05) is 31.2 Å². The Hall–Kier alpha value is -2.15. The Morgan fingerprint density at radius 1 is 1.15 bits per heavy atom. The second-order valence-electron chi connectivity index (χ2n) is 6.33. The molecule has 0 saturated carbocycles. The number of anilines is 1. The molecule has 0 spiro atoms. The summed E-state index contributed by atoms with van der Waals surface area (Å²) in [5, 5.41) is 8.20. The van der Waals surface area contributed by atoms with Gasteiger partial charge in [0.05, 0.1) is 33.5 Å². The summed E-state index contributed by atoms with van der Waals surface area (Å²) in [6.45, 7) is 2.00. The SMILES string of the molecule is Cc1ccc(-n2nc3c(c2NC(=O)c2ccc(Cl)cc2Cl)C[S@](=O)C3)cc1. The van der Waals surface area contributed by atoms with Crippen molar-refractivity contribution in [3.63, 3.8) is 0 Å². The maximum atomic E-state index is 12.8. The van der Waals surface area contributed by atoms with E-state index < -0.39 is 10.8 Å². The number of hydrogen-bond acceptors (Lipinski definition) is 3. The fraction of sp³-hybridized carbons (Fsp3) is 0.158. The molecular weight excluding hydrogens is 405 g/mol. The van der Waals surface area contributed by atoms with E-state index in [9.17, 15) is 9.00 Å². The van der Waals surface area contributed by atoms with Gasteiger partial charge >= 0.3 is 0 Å². The van der Waals surface area contributed by atoms with Crippen molar-refractivity contribution in [2.75, 3.05) is 5.32 Å². The van der Waals surface area contributed by atoms with Crippen LogP contribution >= 0.6 is 23.2 Å². The summed E-state index contributed by atoms with van der Waals surface area (Å²) in [7, 11) is -1.00. The fourth-order valence-electron chi connectivity index (χ4n) is 2.98. The number of aryl methyl sites for hydroxylation is 1. The molecule has 1 aliphatic rings. The summed E-state index contributed by atoms with van der Waals surface area (Å²) >= 11 is 12.1. The van der Waals surface area contributed by atoms with Crippen LogP contribution in [0.1, 0.15) is 27.2 Å². The third kappa shape index (κ3) is 3.52. The van der Waals surface area contributed by atoms with Crippen LogP contribution < -0.4 is 5.32 Å². The lowest BCUT2D eigenvalue weighted by Crippen LogP contribution is -2.17. The molecule has 138 valence electrons. The lowest BCUT2D eigenvalue weighted by atomic mass is 10.2. The molecule has 0 fully saturated rings. The Balaban J connectivity index is 1.76. The molecule has 1 aliphatic heterocycles. The molecule has 2 aromatic carbocycles. The first kappa shape index (κ1) is 18.2. The molecule has 3 aromatic rings. The highest BCUT2D eigenvalue weighted by molar-refractivity contribution is 7.83. The summed E-state index contributed by atoms with van der Waals surface area (Å²) in [4.78, 5) is 12.8. The van der Waals surface area contributed by atoms with Gasteiger partial charge in [0, 0.05) is 21.4 Å². The van der Waals surface area contributed by atoms with Gasteiger partial charge < -0.3 is 5.32 Å². The molecule has 0 aliphatic carbocycles. The Morgan fingerprint density at radius 2 is 1.89 bits per heavy atom. The maximum Gasteiger partial charge on any atom is 0.258 e. The van der Waals surface area contributed by atoms with Crippen molar-refractivity contribution in [1.82, 2.24) is 9.78 Å². The van der Waals surface area contributed by atoms with E-state index in [1.54, 1.807) is 16.8 Å². The molecule has 1 N–H and O–H groups in total. The van der Waals surface area contributed by atoms with Crippen LogP contribution in [-0.4, -0.2) is 19.9 Å². The van der Waals surface area contributed by atoms with Crippen molar-refractivity contribution in [2.45, 2.75) is 18.4 Å². The standard InChI is InChI=1S/C19H15Cl2N3O2S/c1-11-2-5-13(6-3-11)24-18(15-9-27(26)10-17(15)23-24)22-19(25)14-7-4-12(20)8-16(14)21/h2-8H,9-10H2,1H3,(H,22,25)/t27-/m0/s1. The molecule has 27 heavy (non-hydrogen) atoms. The van der Waals surface area contributed by atoms with Crippen molar-refractivity contribution in [1.29, 1.82) is 0 Å². The molecule has 1 amide bonds. The minimum absolute atomic E-state index is 0.265. The molecule has 2 heterocycles. The molecule has 0 unspecified atom stereocenters. The van der Waals surface area contributed by atoms with Gasteiger partial charge in [-0.3, -0.25) is 9.00 Å². The highest BCUT2D eigenvalue weighted by Gasteiger charge is 2.28. The van der Waals surface area contributed by atoms with E-state index in [0.29, 0.717) is 27.9 Å². The van der Waals surface area contributed by atoms with Crippen LogP contribution in [0.4, 0.5) is 5.82 Å². The summed E-state index contributed by atoms with van der Waals surface area (Å²) in [6.07, 6.45) is 0. The van der Waals surface area contributed by atoms with E-state index in [-0.39, 0.29) is 10.9 Å². The predicted molar refractivity (Wildman–Crippen MR) is 108 cm³/mol. The molecule has 8 heteroatoms. The summed E-state index contributed by atoms with van der Waals surface area (Å²) in [5.41, 5.74) is 3.79. The van der Waals surface area contributed by atoms with Gasteiger partial charge in [0.2, 0.25) is 0 Å². The van der Waals surface area contributed by atoms with Crippen molar-refractivity contribution >= 4 is 45.7 Å². The number of carbonyl (C=O) groups excluding carboxylic acids is 1. The van der Waals surface area contributed by atoms with Crippen molar-refractivity contribution in [3.8, 4) is 5.69 Å². The van der Waals surface area contributed by atoms with Gasteiger partial charge in [0.15, 0.2) is 0 Å². The van der Waals surface area contributed by atoms with E-state index in [1.165, 1.54) is 6.07 Å². The zero-order chi connectivity index (χ0) is 19.1. The minimum Gasteiger partial charge on any atom is -0.306 e. The number of nitrogens with zero attached hydrogens (tertiary/aromatic N) is 2. The molecule has 1 atom stereocenters. The first-order valence-electron chi connectivity index (χ1n) is 8.21. The second kappa shape index (κ2) is 7.11. The number of rotatable bonds is 3. The molecule has 0 saturated heterocycles. The normalized spacial score (nSPS) is 15.6. The van der Waals surface area contributed by atoms with Gasteiger partial charge in [-0.15, -0.1) is 0 Å². The van der Waals surface area contributed by atoms with E-state index in [4.69, 9.17) is 23.2 Å². The lowest BCUT2D eigenvalue weighted by Gasteiger charge is -2.12. The average Bonchev–Trinajstić information content (AvgIpc) is 3.13. The number of hydrogen-bond donors (Lipinski definition) is 1. The van der Waals surface area contributed by atoms with Crippen molar-refractivity contribution in [3.05, 3.63) is 74.9 Å². The summed E-state index contributed by atoms with van der Waals surface area (Å²) < 4.78 is 13.6. The number of benzene rings is 2. The van der Waals surface area contributed by atoms with Gasteiger partial charge in [-0.1, -0.05) is 40.9 Å². The quantitative estimate of drug-likeness (QED) is 0.679. The Labute approximate surface area is 168 Å². The molecule has 1 aromatic heterocycles. The molecule has 5 nitrogen and oxygen atoms in total. The van der Waals surface area contributed by atoms with Gasteiger partial charge in [0.25, 0.3) is 5.91 Å². The summed E-state index contributed by atoms with van der Waals surface area (Å²) in [5.74, 6) is 0.908. The maximum absolute atomic E-state index is 12.8. The van der Waals surface area contributed by atoms with Crippen LogP contribution in [0.15, 0.2) is 42.5 Å². The fourth-order valence-corrected chi connectivity index (χ4v) is 4.74. The Kier molecular flexibility index (Phi) is 4.80. The number of amides is 1. The van der Waals surface area contributed by atoms with Gasteiger partial charge in [-0.2, -0.15) is 5.10 Å². The number of aromatic nitrogens is 2. The van der Waals surface area contributed by atoms with Crippen LogP contribution in [0.2, 0.25) is 10.0 Å². The zero-order valence-electron chi connectivity index (χ0n) is 14.3. The average molecular weight is 420 g/mol. The third-order valence-corrected chi connectivity index (χ3v) is 6.11. The van der Waals surface area contributed by atoms with Crippen molar-refractivity contribution < 1.29 is 9.00 Å². The van der Waals surface area contributed by atoms with Crippen molar-refractivity contribution in [2.24, 2.45) is 0 Å². The predicted octanol–water partition coefficient (Wildman–Crippen LogP) is 4.50. The zero-order valence-corrected chi connectivity index (χ0v) is 16.7. The summed E-state index contributed by atoms with van der Waals surface area (Å²) in [6, 6.07) is 12.5. The van der Waals surface area contributed by atoms with Crippen LogP contribution in [0.25, 0.3) is 5.69 Å². The highest BCUT2D eigenvalue weighted by Crippen LogP contribution is 2.32. The van der Waals surface area contributed by atoms with Crippen LogP contribution in [0.5, 0.6) is 0 Å². The molecular formula is C19H15Cl2N3O2S. The van der Waals surface area contributed by atoms with Crippen LogP contribution in [0.3, 0.4) is 0 Å². The largest absolute Gasteiger partial charge is 0.306 e. The third-order valence-electron chi connectivity index (χ3n) is 4.36. The first-order chi connectivity index (χ1) is 12.9. The van der Waals surface area contributed by atoms with E-state index in [0.717, 1.165) is 22.5 Å². The highest BCUT2D eigenvalue weighted by atomic mass is 35.5. The lowest BCUT2D eigenvalue weighted by molar-refractivity contribution is 0.102. The van der Waals surface area contributed by atoms with Crippen LogP contribution in [-0.2, 0) is 22.3 Å². The van der Waals surface area contributed by atoms with E-state index >= 15 is 0 Å². The number of fused-ring (bicyclic) bond motifs is 1. The number of nitrogens with one attached hydrogen (secondary N) is 1. The molecule has 0 radical (unpaired) electrons. The monoisotopic (exact) mass is 419 g/mol. The minimum atomic E-state index is -1.00. The topological polar surface area (TPSA) is 64.0 Å². The molecule has 4 rings (SSSR count). The smallest absolute Gasteiger partial charge is 0.258 e. The number of carbonyl (C=O) groups is 1. The van der Waals surface area contributed by atoms with Gasteiger partial charge in [-0.25, -0.2) is 4.68 Å².